The molecule has 6 heteroatoms. The maximum atomic E-state index is 12.6. The summed E-state index contributed by atoms with van der Waals surface area (Å²) < 4.78 is 0. The molecule has 0 bridgehead atoms. The van der Waals surface area contributed by atoms with Crippen molar-refractivity contribution in [3.05, 3.63) is 58.7 Å². The molecule has 1 aliphatic heterocycles. The number of nitrogens with zero attached hydrogens (tertiary/aromatic N) is 2. The van der Waals surface area contributed by atoms with E-state index in [1.54, 1.807) is 7.05 Å². The molecule has 2 aromatic carbocycles. The number of nitrogens with one attached hydrogen (secondary N) is 1. The standard InChI is InChI=1S/C22H25N3O2S/c1-13-10-15(3)20(16(4)11-13)24-19(26)12-18-21(27)25(5)22(28-18)23-17-9-7-6-8-14(17)2/h6-11,18H,12H2,1-5H3,(H,24,26)/t18-/m1/s1. The Labute approximate surface area is 170 Å². The van der Waals surface area contributed by atoms with Crippen molar-refractivity contribution in [1.29, 1.82) is 0 Å². The van der Waals surface area contributed by atoms with Crippen LogP contribution in [0.15, 0.2) is 41.4 Å². The highest BCUT2D eigenvalue weighted by atomic mass is 32.2. The van der Waals surface area contributed by atoms with Gasteiger partial charge in [0.2, 0.25) is 11.8 Å². The van der Waals surface area contributed by atoms with E-state index in [1.807, 2.05) is 64.1 Å². The van der Waals surface area contributed by atoms with Crippen molar-refractivity contribution >= 4 is 40.1 Å². The number of carbonyl (C=O) groups excluding carboxylic acids is 2. The van der Waals surface area contributed by atoms with Crippen molar-refractivity contribution in [2.45, 2.75) is 39.4 Å². The molecular formula is C22H25N3O2S. The van der Waals surface area contributed by atoms with Crippen LogP contribution in [0.25, 0.3) is 0 Å². The molecule has 5 nitrogen and oxygen atoms in total. The Balaban J connectivity index is 1.72. The van der Waals surface area contributed by atoms with Gasteiger partial charge in [-0.25, -0.2) is 4.99 Å². The van der Waals surface area contributed by atoms with Crippen LogP contribution in [0, 0.1) is 27.7 Å². The number of amides is 2. The van der Waals surface area contributed by atoms with Gasteiger partial charge in [-0.3, -0.25) is 14.5 Å². The van der Waals surface area contributed by atoms with E-state index in [9.17, 15) is 9.59 Å². The molecule has 1 heterocycles. The van der Waals surface area contributed by atoms with Gasteiger partial charge in [-0.05, 0) is 50.5 Å². The van der Waals surface area contributed by atoms with E-state index in [0.29, 0.717) is 5.17 Å². The average Bonchev–Trinajstić information content (AvgIpc) is 2.88. The number of carbonyl (C=O) groups is 2. The highest BCUT2D eigenvalue weighted by molar-refractivity contribution is 8.15. The first-order valence-corrected chi connectivity index (χ1v) is 10.1. The van der Waals surface area contributed by atoms with Gasteiger partial charge in [0.15, 0.2) is 5.17 Å². The number of hydrogen-bond donors (Lipinski definition) is 1. The van der Waals surface area contributed by atoms with Crippen LogP contribution in [0.5, 0.6) is 0 Å². The summed E-state index contributed by atoms with van der Waals surface area (Å²) in [5.41, 5.74) is 5.91. The lowest BCUT2D eigenvalue weighted by Crippen LogP contribution is -2.30. The molecule has 1 N–H and O–H groups in total. The van der Waals surface area contributed by atoms with Gasteiger partial charge < -0.3 is 5.32 Å². The average molecular weight is 396 g/mol. The zero-order chi connectivity index (χ0) is 20.4. The number of rotatable bonds is 4. The summed E-state index contributed by atoms with van der Waals surface area (Å²) in [4.78, 5) is 31.4. The van der Waals surface area contributed by atoms with Crippen LogP contribution in [-0.2, 0) is 9.59 Å². The lowest BCUT2D eigenvalue weighted by Gasteiger charge is -2.14. The molecule has 2 amide bonds. The van der Waals surface area contributed by atoms with Gasteiger partial charge in [0.05, 0.1) is 5.69 Å². The smallest absolute Gasteiger partial charge is 0.242 e. The van der Waals surface area contributed by atoms with E-state index in [4.69, 9.17) is 0 Å². The van der Waals surface area contributed by atoms with Crippen molar-refractivity contribution in [2.75, 3.05) is 12.4 Å². The van der Waals surface area contributed by atoms with Gasteiger partial charge in [-0.2, -0.15) is 0 Å². The minimum atomic E-state index is -0.459. The summed E-state index contributed by atoms with van der Waals surface area (Å²) in [6.45, 7) is 7.97. The number of amidine groups is 1. The Morgan fingerprint density at radius 1 is 1.11 bits per heavy atom. The van der Waals surface area contributed by atoms with Gasteiger partial charge in [0, 0.05) is 19.2 Å². The predicted octanol–water partition coefficient (Wildman–Crippen LogP) is 4.51. The van der Waals surface area contributed by atoms with E-state index in [1.165, 1.54) is 16.7 Å². The number of anilines is 1. The van der Waals surface area contributed by atoms with Crippen LogP contribution in [0.3, 0.4) is 0 Å². The van der Waals surface area contributed by atoms with Crippen LogP contribution in [0.4, 0.5) is 11.4 Å². The van der Waals surface area contributed by atoms with Crippen LogP contribution < -0.4 is 5.32 Å². The maximum absolute atomic E-state index is 12.6. The minimum absolute atomic E-state index is 0.0927. The van der Waals surface area contributed by atoms with Gasteiger partial charge >= 0.3 is 0 Å². The number of thioether (sulfide) groups is 1. The first kappa shape index (κ1) is 20.1. The quantitative estimate of drug-likeness (QED) is 0.828. The number of aryl methyl sites for hydroxylation is 4. The van der Waals surface area contributed by atoms with Crippen LogP contribution in [0.2, 0.25) is 0 Å². The Hall–Kier alpha value is -2.60. The molecule has 1 atom stereocenters. The van der Waals surface area contributed by atoms with Gasteiger partial charge in [-0.1, -0.05) is 47.7 Å². The van der Waals surface area contributed by atoms with Crippen LogP contribution in [0.1, 0.15) is 28.7 Å². The lowest BCUT2D eigenvalue weighted by molar-refractivity contribution is -0.127. The summed E-state index contributed by atoms with van der Waals surface area (Å²) in [6.07, 6.45) is 0.118. The SMILES string of the molecule is Cc1cc(C)c(NC(=O)C[C@H]2SC(=Nc3ccccc3C)N(C)C2=O)c(C)c1. The maximum Gasteiger partial charge on any atom is 0.242 e. The van der Waals surface area contributed by atoms with Crippen molar-refractivity contribution in [3.8, 4) is 0 Å². The van der Waals surface area contributed by atoms with E-state index in [0.717, 1.165) is 33.6 Å². The Kier molecular flexibility index (Phi) is 5.89. The lowest BCUT2D eigenvalue weighted by atomic mass is 10.0. The van der Waals surface area contributed by atoms with Gasteiger partial charge in [0.1, 0.15) is 5.25 Å². The third-order valence-electron chi connectivity index (χ3n) is 4.78. The first-order valence-electron chi connectivity index (χ1n) is 9.22. The molecular weight excluding hydrogens is 370 g/mol. The summed E-state index contributed by atoms with van der Waals surface area (Å²) in [5.74, 6) is -0.253. The molecule has 3 rings (SSSR count). The molecule has 0 aliphatic carbocycles. The second-order valence-corrected chi connectivity index (χ2v) is 8.38. The van der Waals surface area contributed by atoms with Crippen molar-refractivity contribution in [1.82, 2.24) is 4.90 Å². The summed E-state index contributed by atoms with van der Waals surface area (Å²) >= 11 is 1.35. The third-order valence-corrected chi connectivity index (χ3v) is 6.01. The molecule has 1 aliphatic rings. The van der Waals surface area contributed by atoms with Crippen molar-refractivity contribution in [3.63, 3.8) is 0 Å². The van der Waals surface area contributed by atoms with E-state index in [2.05, 4.69) is 10.3 Å². The second-order valence-electron chi connectivity index (χ2n) is 7.21. The normalized spacial score (nSPS) is 18.0. The highest BCUT2D eigenvalue weighted by Crippen LogP contribution is 2.32. The fourth-order valence-corrected chi connectivity index (χ4v) is 4.47. The fourth-order valence-electron chi connectivity index (χ4n) is 3.33. The summed E-state index contributed by atoms with van der Waals surface area (Å²) in [5, 5.41) is 3.14. The molecule has 0 unspecified atom stereocenters. The number of para-hydroxylation sites is 1. The van der Waals surface area contributed by atoms with Gasteiger partial charge in [0.25, 0.3) is 0 Å². The van der Waals surface area contributed by atoms with Crippen molar-refractivity contribution in [2.24, 2.45) is 4.99 Å². The molecule has 0 aromatic heterocycles. The third kappa shape index (κ3) is 4.28. The topological polar surface area (TPSA) is 61.8 Å². The van der Waals surface area contributed by atoms with E-state index < -0.39 is 5.25 Å². The van der Waals surface area contributed by atoms with Crippen LogP contribution in [-0.4, -0.2) is 34.2 Å². The van der Waals surface area contributed by atoms with Crippen LogP contribution >= 0.6 is 11.8 Å². The van der Waals surface area contributed by atoms with Gasteiger partial charge in [-0.15, -0.1) is 0 Å². The summed E-state index contributed by atoms with van der Waals surface area (Å²) in [6, 6.07) is 11.9. The Morgan fingerprint density at radius 3 is 2.39 bits per heavy atom. The summed E-state index contributed by atoms with van der Waals surface area (Å²) in [7, 11) is 1.71. The number of benzene rings is 2. The molecule has 28 heavy (non-hydrogen) atoms. The molecule has 146 valence electrons. The van der Waals surface area contributed by atoms with Crippen molar-refractivity contribution < 1.29 is 9.59 Å². The molecule has 1 fully saturated rings. The molecule has 2 aromatic rings. The largest absolute Gasteiger partial charge is 0.326 e. The monoisotopic (exact) mass is 395 g/mol. The fraction of sp³-hybridized carbons (Fsp3) is 0.318. The molecule has 0 radical (unpaired) electrons. The Bertz CT molecular complexity index is 945. The first-order chi connectivity index (χ1) is 13.3. The van der Waals surface area contributed by atoms with E-state index in [-0.39, 0.29) is 18.2 Å². The molecule has 0 saturated carbocycles. The second kappa shape index (κ2) is 8.19. The zero-order valence-electron chi connectivity index (χ0n) is 16.9. The Morgan fingerprint density at radius 2 is 1.75 bits per heavy atom. The number of hydrogen-bond acceptors (Lipinski definition) is 4. The molecule has 1 saturated heterocycles. The predicted molar refractivity (Wildman–Crippen MR) is 116 cm³/mol. The minimum Gasteiger partial charge on any atom is -0.326 e. The molecule has 0 spiro atoms. The zero-order valence-corrected chi connectivity index (χ0v) is 17.7. The number of aliphatic imine (C=N–C) groups is 1. The highest BCUT2D eigenvalue weighted by Gasteiger charge is 2.37. The van der Waals surface area contributed by atoms with E-state index >= 15 is 0 Å².